The second kappa shape index (κ2) is 3.89. The fourth-order valence-corrected chi connectivity index (χ4v) is 1.67. The van der Waals surface area contributed by atoms with Crippen LogP contribution in [0.1, 0.15) is 11.1 Å². The number of rotatable bonds is 1. The van der Waals surface area contributed by atoms with Crippen LogP contribution in [0.4, 0.5) is 4.39 Å². The summed E-state index contributed by atoms with van der Waals surface area (Å²) in [5.74, 6) is -0.522. The molecular weight excluding hydrogens is 207 g/mol. The van der Waals surface area contributed by atoms with Gasteiger partial charge in [0.1, 0.15) is 0 Å². The van der Waals surface area contributed by atoms with Gasteiger partial charge in [-0.3, -0.25) is 0 Å². The summed E-state index contributed by atoms with van der Waals surface area (Å²) in [5, 5.41) is 0. The monoisotopic (exact) mass is 218 g/mol. The van der Waals surface area contributed by atoms with E-state index < -0.39 is 11.5 Å². The molecular formula is C12H11FN2O. The number of halogens is 1. The van der Waals surface area contributed by atoms with E-state index in [9.17, 15) is 9.18 Å². The Morgan fingerprint density at radius 1 is 1.31 bits per heavy atom. The van der Waals surface area contributed by atoms with Gasteiger partial charge in [0.2, 0.25) is 0 Å². The largest absolute Gasteiger partial charge is 0.345 e. The maximum Gasteiger partial charge on any atom is 0.345 e. The van der Waals surface area contributed by atoms with E-state index in [2.05, 4.69) is 9.97 Å². The minimum atomic E-state index is -0.545. The number of nitrogens with one attached hydrogen (secondary N) is 1. The molecule has 16 heavy (non-hydrogen) atoms. The molecule has 1 aromatic heterocycles. The third-order valence-corrected chi connectivity index (χ3v) is 2.42. The minimum Gasteiger partial charge on any atom is -0.303 e. The number of benzene rings is 1. The van der Waals surface area contributed by atoms with Crippen LogP contribution in [0.25, 0.3) is 11.3 Å². The number of nitrogens with zero attached hydrogens (tertiary/aromatic N) is 1. The van der Waals surface area contributed by atoms with Gasteiger partial charge in [0.25, 0.3) is 0 Å². The lowest BCUT2D eigenvalue weighted by atomic mass is 10.0. The molecule has 0 bridgehead atoms. The lowest BCUT2D eigenvalue weighted by Gasteiger charge is -2.07. The third kappa shape index (κ3) is 1.86. The van der Waals surface area contributed by atoms with Crippen molar-refractivity contribution in [1.29, 1.82) is 0 Å². The highest BCUT2D eigenvalue weighted by molar-refractivity contribution is 5.63. The molecule has 0 saturated carbocycles. The highest BCUT2D eigenvalue weighted by Gasteiger charge is 2.09. The second-order valence-electron chi connectivity index (χ2n) is 3.73. The fourth-order valence-electron chi connectivity index (χ4n) is 1.67. The summed E-state index contributed by atoms with van der Waals surface area (Å²) >= 11 is 0. The molecule has 0 aliphatic carbocycles. The Kier molecular flexibility index (Phi) is 2.56. The van der Waals surface area contributed by atoms with Crippen molar-refractivity contribution < 1.29 is 4.39 Å². The second-order valence-corrected chi connectivity index (χ2v) is 3.73. The Bertz CT molecular complexity index is 590. The summed E-state index contributed by atoms with van der Waals surface area (Å²) in [4.78, 5) is 16.8. The molecule has 0 spiro atoms. The van der Waals surface area contributed by atoms with Crippen LogP contribution < -0.4 is 5.69 Å². The van der Waals surface area contributed by atoms with Gasteiger partial charge in [-0.1, -0.05) is 23.8 Å². The molecule has 0 fully saturated rings. The average molecular weight is 218 g/mol. The molecule has 0 atom stereocenters. The summed E-state index contributed by atoms with van der Waals surface area (Å²) in [6, 6.07) is 5.60. The number of aromatic amines is 1. The Labute approximate surface area is 92.0 Å². The molecule has 2 aromatic rings. The molecule has 2 rings (SSSR count). The summed E-state index contributed by atoms with van der Waals surface area (Å²) < 4.78 is 13.5. The molecule has 0 radical (unpaired) electrons. The Morgan fingerprint density at radius 3 is 2.75 bits per heavy atom. The Morgan fingerprint density at radius 2 is 2.06 bits per heavy atom. The lowest BCUT2D eigenvalue weighted by molar-refractivity contribution is 0.615. The van der Waals surface area contributed by atoms with Crippen molar-refractivity contribution >= 4 is 0 Å². The predicted molar refractivity (Wildman–Crippen MR) is 59.7 cm³/mol. The topological polar surface area (TPSA) is 45.8 Å². The van der Waals surface area contributed by atoms with Crippen molar-refractivity contribution in [1.82, 2.24) is 9.97 Å². The third-order valence-electron chi connectivity index (χ3n) is 2.42. The van der Waals surface area contributed by atoms with Gasteiger partial charge < -0.3 is 4.98 Å². The lowest BCUT2D eigenvalue weighted by Crippen LogP contribution is -2.12. The van der Waals surface area contributed by atoms with Gasteiger partial charge in [-0.25, -0.2) is 9.18 Å². The molecule has 3 nitrogen and oxygen atoms in total. The highest BCUT2D eigenvalue weighted by Crippen LogP contribution is 2.23. The van der Waals surface area contributed by atoms with Crippen LogP contribution in [-0.4, -0.2) is 9.97 Å². The van der Waals surface area contributed by atoms with Gasteiger partial charge in [-0.15, -0.1) is 0 Å². The summed E-state index contributed by atoms with van der Waals surface area (Å²) in [6.45, 7) is 3.84. The van der Waals surface area contributed by atoms with E-state index in [1.54, 1.807) is 6.07 Å². The van der Waals surface area contributed by atoms with Crippen molar-refractivity contribution in [3.63, 3.8) is 0 Å². The summed E-state index contributed by atoms with van der Waals surface area (Å²) in [7, 11) is 0. The van der Waals surface area contributed by atoms with E-state index in [4.69, 9.17) is 0 Å². The first kappa shape index (κ1) is 10.5. The van der Waals surface area contributed by atoms with E-state index in [0.29, 0.717) is 5.56 Å². The van der Waals surface area contributed by atoms with Crippen LogP contribution in [0.3, 0.4) is 0 Å². The maximum atomic E-state index is 13.5. The molecule has 0 saturated heterocycles. The van der Waals surface area contributed by atoms with Gasteiger partial charge in [0.15, 0.2) is 5.82 Å². The quantitative estimate of drug-likeness (QED) is 0.797. The number of H-pyrrole nitrogens is 1. The normalized spacial score (nSPS) is 10.4. The van der Waals surface area contributed by atoms with Gasteiger partial charge in [0, 0.05) is 5.56 Å². The first-order valence-corrected chi connectivity index (χ1v) is 4.90. The van der Waals surface area contributed by atoms with Crippen molar-refractivity contribution in [2.75, 3.05) is 0 Å². The molecule has 1 N–H and O–H groups in total. The SMILES string of the molecule is Cc1ccc(-c2[nH]c(=O)ncc2F)c(C)c1. The molecule has 0 amide bonds. The van der Waals surface area contributed by atoms with Crippen LogP contribution in [-0.2, 0) is 0 Å². The van der Waals surface area contributed by atoms with Crippen LogP contribution in [0, 0.1) is 19.7 Å². The van der Waals surface area contributed by atoms with Gasteiger partial charge >= 0.3 is 5.69 Å². The van der Waals surface area contributed by atoms with Crippen LogP contribution in [0.5, 0.6) is 0 Å². The van der Waals surface area contributed by atoms with E-state index in [0.717, 1.165) is 17.3 Å². The van der Waals surface area contributed by atoms with Crippen molar-refractivity contribution in [2.45, 2.75) is 13.8 Å². The van der Waals surface area contributed by atoms with Gasteiger partial charge in [-0.05, 0) is 19.4 Å². The molecule has 0 aliphatic rings. The molecule has 1 aromatic carbocycles. The average Bonchev–Trinajstić information content (AvgIpc) is 2.22. The summed E-state index contributed by atoms with van der Waals surface area (Å²) in [5.41, 5.74) is 2.34. The first-order valence-electron chi connectivity index (χ1n) is 4.90. The molecule has 0 aliphatic heterocycles. The molecule has 82 valence electrons. The van der Waals surface area contributed by atoms with Crippen LogP contribution in [0.15, 0.2) is 29.2 Å². The zero-order valence-corrected chi connectivity index (χ0v) is 9.04. The number of aromatic nitrogens is 2. The van der Waals surface area contributed by atoms with Gasteiger partial charge in [-0.2, -0.15) is 4.98 Å². The predicted octanol–water partition coefficient (Wildman–Crippen LogP) is 2.19. The number of aryl methyl sites for hydroxylation is 2. The molecule has 4 heteroatoms. The van der Waals surface area contributed by atoms with Crippen molar-refractivity contribution in [2.24, 2.45) is 0 Å². The van der Waals surface area contributed by atoms with E-state index in [1.165, 1.54) is 0 Å². The zero-order valence-electron chi connectivity index (χ0n) is 9.04. The summed E-state index contributed by atoms with van der Waals surface area (Å²) in [6.07, 6.45) is 0.938. The van der Waals surface area contributed by atoms with Gasteiger partial charge in [0.05, 0.1) is 11.9 Å². The van der Waals surface area contributed by atoms with Crippen molar-refractivity contribution in [3.05, 3.63) is 51.8 Å². The number of hydrogen-bond donors (Lipinski definition) is 1. The molecule has 1 heterocycles. The molecule has 0 unspecified atom stereocenters. The highest BCUT2D eigenvalue weighted by atomic mass is 19.1. The zero-order chi connectivity index (χ0) is 11.7. The van der Waals surface area contributed by atoms with E-state index in [-0.39, 0.29) is 5.69 Å². The van der Waals surface area contributed by atoms with Crippen LogP contribution >= 0.6 is 0 Å². The first-order chi connectivity index (χ1) is 7.58. The Balaban J connectivity index is 2.67. The standard InChI is InChI=1S/C12H11FN2O/c1-7-3-4-9(8(2)5-7)11-10(13)6-14-12(16)15-11/h3-6H,1-2H3,(H,14,15,16). The maximum absolute atomic E-state index is 13.5. The minimum absolute atomic E-state index is 0.192. The number of hydrogen-bond acceptors (Lipinski definition) is 2. The Hall–Kier alpha value is -1.97. The smallest absolute Gasteiger partial charge is 0.303 e. The van der Waals surface area contributed by atoms with Crippen LogP contribution in [0.2, 0.25) is 0 Å². The van der Waals surface area contributed by atoms with E-state index in [1.807, 2.05) is 26.0 Å². The fraction of sp³-hybridized carbons (Fsp3) is 0.167. The van der Waals surface area contributed by atoms with Crippen molar-refractivity contribution in [3.8, 4) is 11.3 Å². The van der Waals surface area contributed by atoms with E-state index >= 15 is 0 Å².